The number of H-pyrrole nitrogens is 1. The number of aromatic amines is 1. The summed E-state index contributed by atoms with van der Waals surface area (Å²) in [5.41, 5.74) is 3.98. The molecular formula is C22H20N8. The number of nitrogens with one attached hydrogen (secondary N) is 2. The van der Waals surface area contributed by atoms with Crippen molar-refractivity contribution in [3.05, 3.63) is 66.5 Å². The second kappa shape index (κ2) is 7.72. The van der Waals surface area contributed by atoms with E-state index in [1.807, 2.05) is 18.2 Å². The summed E-state index contributed by atoms with van der Waals surface area (Å²) in [5, 5.41) is 12.5. The molecule has 148 valence electrons. The molecule has 5 rings (SSSR count). The van der Waals surface area contributed by atoms with Gasteiger partial charge in [0.25, 0.3) is 0 Å². The van der Waals surface area contributed by atoms with Crippen molar-refractivity contribution >= 4 is 34.3 Å². The molecule has 4 aromatic rings. The molecule has 0 amide bonds. The van der Waals surface area contributed by atoms with E-state index < -0.39 is 0 Å². The zero-order valence-corrected chi connectivity index (χ0v) is 16.3. The number of hydrogen-bond donors (Lipinski definition) is 2. The van der Waals surface area contributed by atoms with Crippen LogP contribution in [0, 0.1) is 11.3 Å². The van der Waals surface area contributed by atoms with E-state index in [9.17, 15) is 0 Å². The number of aromatic nitrogens is 4. The molecule has 8 heteroatoms. The minimum atomic E-state index is 0.590. The number of piperazine rings is 1. The maximum absolute atomic E-state index is 9.15. The molecular weight excluding hydrogens is 376 g/mol. The largest absolute Gasteiger partial charge is 0.368 e. The minimum absolute atomic E-state index is 0.590. The van der Waals surface area contributed by atoms with Gasteiger partial charge in [0, 0.05) is 37.6 Å². The van der Waals surface area contributed by atoms with Gasteiger partial charge in [0.2, 0.25) is 5.95 Å². The average Bonchev–Trinajstić information content (AvgIpc) is 3.29. The summed E-state index contributed by atoms with van der Waals surface area (Å²) < 4.78 is 0. The van der Waals surface area contributed by atoms with Crippen LogP contribution in [0.4, 0.5) is 23.1 Å². The number of nitrogens with zero attached hydrogens (tertiary/aromatic N) is 6. The summed E-state index contributed by atoms with van der Waals surface area (Å²) in [4.78, 5) is 21.4. The fraction of sp³-hybridized carbons (Fsp3) is 0.182. The molecule has 0 spiro atoms. The number of hydrogen-bond acceptors (Lipinski definition) is 7. The van der Waals surface area contributed by atoms with Gasteiger partial charge in [-0.25, -0.2) is 4.98 Å². The monoisotopic (exact) mass is 396 g/mol. The van der Waals surface area contributed by atoms with Gasteiger partial charge >= 0.3 is 0 Å². The predicted octanol–water partition coefficient (Wildman–Crippen LogP) is 3.29. The van der Waals surface area contributed by atoms with Crippen LogP contribution in [0.15, 0.2) is 60.9 Å². The van der Waals surface area contributed by atoms with E-state index in [-0.39, 0.29) is 0 Å². The SMILES string of the molecule is N#Cc1cccc(Nc2nc(N3CCN(c4ccccc4)CC3)nc3nc[nH]c23)c1. The van der Waals surface area contributed by atoms with Gasteiger partial charge < -0.3 is 20.1 Å². The van der Waals surface area contributed by atoms with Crippen LogP contribution < -0.4 is 15.1 Å². The van der Waals surface area contributed by atoms with Crippen LogP contribution in [0.2, 0.25) is 0 Å². The topological polar surface area (TPSA) is 96.8 Å². The number of anilines is 4. The average molecular weight is 396 g/mol. The van der Waals surface area contributed by atoms with Crippen molar-refractivity contribution < 1.29 is 0 Å². The second-order valence-corrected chi connectivity index (χ2v) is 7.10. The van der Waals surface area contributed by atoms with Gasteiger partial charge in [0.1, 0.15) is 5.52 Å². The number of para-hydroxylation sites is 1. The first-order valence-corrected chi connectivity index (χ1v) is 9.83. The highest BCUT2D eigenvalue weighted by Crippen LogP contribution is 2.26. The summed E-state index contributed by atoms with van der Waals surface area (Å²) in [7, 11) is 0. The lowest BCUT2D eigenvalue weighted by molar-refractivity contribution is 0.641. The molecule has 2 N–H and O–H groups in total. The van der Waals surface area contributed by atoms with Crippen molar-refractivity contribution in [3.63, 3.8) is 0 Å². The molecule has 1 fully saturated rings. The van der Waals surface area contributed by atoms with Crippen molar-refractivity contribution in [3.8, 4) is 6.07 Å². The fourth-order valence-electron chi connectivity index (χ4n) is 3.66. The Labute approximate surface area is 173 Å². The molecule has 0 aliphatic carbocycles. The second-order valence-electron chi connectivity index (χ2n) is 7.10. The molecule has 0 atom stereocenters. The Balaban J connectivity index is 1.40. The Morgan fingerprint density at radius 2 is 1.73 bits per heavy atom. The molecule has 1 aliphatic rings. The zero-order chi connectivity index (χ0) is 20.3. The highest BCUT2D eigenvalue weighted by molar-refractivity contribution is 5.86. The summed E-state index contributed by atoms with van der Waals surface area (Å²) >= 11 is 0. The first-order chi connectivity index (χ1) is 14.8. The van der Waals surface area contributed by atoms with Crippen LogP contribution in [-0.2, 0) is 0 Å². The molecule has 1 aliphatic heterocycles. The van der Waals surface area contributed by atoms with Gasteiger partial charge in [-0.1, -0.05) is 24.3 Å². The Kier molecular flexibility index (Phi) is 4.62. The van der Waals surface area contributed by atoms with Crippen LogP contribution in [0.5, 0.6) is 0 Å². The third-order valence-electron chi connectivity index (χ3n) is 5.21. The van der Waals surface area contributed by atoms with E-state index in [1.165, 1.54) is 5.69 Å². The molecule has 2 aromatic carbocycles. The third kappa shape index (κ3) is 3.49. The highest BCUT2D eigenvalue weighted by atomic mass is 15.3. The first-order valence-electron chi connectivity index (χ1n) is 9.83. The number of benzene rings is 2. The van der Waals surface area contributed by atoms with Gasteiger partial charge in [-0.2, -0.15) is 15.2 Å². The van der Waals surface area contributed by atoms with Gasteiger partial charge in [-0.3, -0.25) is 0 Å². The van der Waals surface area contributed by atoms with E-state index >= 15 is 0 Å². The lowest BCUT2D eigenvalue weighted by Crippen LogP contribution is -2.47. The Bertz CT molecular complexity index is 1200. The summed E-state index contributed by atoms with van der Waals surface area (Å²) in [6.07, 6.45) is 1.62. The van der Waals surface area contributed by atoms with E-state index in [0.717, 1.165) is 37.4 Å². The normalized spacial score (nSPS) is 14.0. The lowest BCUT2D eigenvalue weighted by atomic mass is 10.2. The van der Waals surface area contributed by atoms with E-state index in [4.69, 9.17) is 10.2 Å². The molecule has 30 heavy (non-hydrogen) atoms. The predicted molar refractivity (Wildman–Crippen MR) is 117 cm³/mol. The Hall–Kier alpha value is -4.12. The van der Waals surface area contributed by atoms with Crippen LogP contribution in [0.25, 0.3) is 11.2 Å². The van der Waals surface area contributed by atoms with E-state index in [1.54, 1.807) is 18.5 Å². The quantitative estimate of drug-likeness (QED) is 0.546. The zero-order valence-electron chi connectivity index (χ0n) is 16.3. The number of fused-ring (bicyclic) bond motifs is 1. The van der Waals surface area contributed by atoms with Gasteiger partial charge in [-0.15, -0.1) is 0 Å². The Morgan fingerprint density at radius 3 is 2.53 bits per heavy atom. The van der Waals surface area contributed by atoms with Crippen molar-refractivity contribution in [1.29, 1.82) is 5.26 Å². The first kappa shape index (κ1) is 17.9. The molecule has 0 saturated carbocycles. The molecule has 0 bridgehead atoms. The van der Waals surface area contributed by atoms with E-state index in [2.05, 4.69) is 60.4 Å². The fourth-order valence-corrected chi connectivity index (χ4v) is 3.66. The van der Waals surface area contributed by atoms with Crippen LogP contribution in [0.1, 0.15) is 5.56 Å². The Morgan fingerprint density at radius 1 is 0.933 bits per heavy atom. The molecule has 8 nitrogen and oxygen atoms in total. The van der Waals surface area contributed by atoms with Crippen molar-refractivity contribution in [2.75, 3.05) is 41.3 Å². The smallest absolute Gasteiger partial charge is 0.229 e. The van der Waals surface area contributed by atoms with Crippen molar-refractivity contribution in [2.45, 2.75) is 0 Å². The van der Waals surface area contributed by atoms with Crippen molar-refractivity contribution in [2.24, 2.45) is 0 Å². The third-order valence-corrected chi connectivity index (χ3v) is 5.21. The summed E-state index contributed by atoms with van der Waals surface area (Å²) in [5.74, 6) is 1.30. The lowest BCUT2D eigenvalue weighted by Gasteiger charge is -2.36. The molecule has 0 unspecified atom stereocenters. The van der Waals surface area contributed by atoms with Crippen LogP contribution in [0.3, 0.4) is 0 Å². The standard InChI is InChI=1S/C22H20N8/c23-14-16-5-4-6-17(13-16)26-21-19-20(25-15-24-19)27-22(28-21)30-11-9-29(10-12-30)18-7-2-1-3-8-18/h1-8,13,15H,9-12H2,(H2,24,25,26,27,28). The molecule has 3 heterocycles. The van der Waals surface area contributed by atoms with Crippen molar-refractivity contribution in [1.82, 2.24) is 19.9 Å². The van der Waals surface area contributed by atoms with Crippen LogP contribution in [-0.4, -0.2) is 46.1 Å². The van der Waals surface area contributed by atoms with Gasteiger partial charge in [-0.05, 0) is 30.3 Å². The maximum atomic E-state index is 9.15. The van der Waals surface area contributed by atoms with Gasteiger partial charge in [0.15, 0.2) is 11.5 Å². The highest BCUT2D eigenvalue weighted by Gasteiger charge is 2.21. The summed E-state index contributed by atoms with van der Waals surface area (Å²) in [6, 6.07) is 19.9. The molecule has 1 saturated heterocycles. The van der Waals surface area contributed by atoms with E-state index in [0.29, 0.717) is 23.0 Å². The number of nitriles is 1. The van der Waals surface area contributed by atoms with Gasteiger partial charge in [0.05, 0.1) is 18.0 Å². The number of imidazole rings is 1. The maximum Gasteiger partial charge on any atom is 0.229 e. The molecule has 0 radical (unpaired) electrons. The minimum Gasteiger partial charge on any atom is -0.368 e. The summed E-state index contributed by atoms with van der Waals surface area (Å²) in [6.45, 7) is 3.46. The molecule has 2 aromatic heterocycles. The number of rotatable bonds is 4. The van der Waals surface area contributed by atoms with Crippen LogP contribution >= 0.6 is 0 Å².